The first-order valence-corrected chi connectivity index (χ1v) is 6.76. The Morgan fingerprint density at radius 2 is 2.00 bits per heavy atom. The van der Waals surface area contributed by atoms with E-state index in [4.69, 9.17) is 11.6 Å². The minimum atomic E-state index is -3.37. The zero-order valence-corrected chi connectivity index (χ0v) is 10.0. The number of aromatic nitrogens is 1. The van der Waals surface area contributed by atoms with Crippen LogP contribution in [-0.2, 0) is 10.0 Å². The van der Waals surface area contributed by atoms with E-state index in [9.17, 15) is 8.42 Å². The van der Waals surface area contributed by atoms with Crippen LogP contribution in [-0.4, -0.2) is 19.7 Å². The van der Waals surface area contributed by atoms with Crippen molar-refractivity contribution < 1.29 is 8.42 Å². The fourth-order valence-electron chi connectivity index (χ4n) is 1.34. The molecule has 0 bridgehead atoms. The summed E-state index contributed by atoms with van der Waals surface area (Å²) in [6.45, 7) is 0. The number of halogens is 1. The number of hydrogen-bond donors (Lipinski definition) is 1. The van der Waals surface area contributed by atoms with E-state index in [1.165, 1.54) is 0 Å². The van der Waals surface area contributed by atoms with Crippen molar-refractivity contribution in [3.05, 3.63) is 35.4 Å². The van der Waals surface area contributed by atoms with Crippen molar-refractivity contribution in [2.24, 2.45) is 0 Å². The molecule has 0 spiro atoms. The average molecular weight is 257 g/mol. The van der Waals surface area contributed by atoms with Crippen molar-refractivity contribution in [1.29, 1.82) is 0 Å². The summed E-state index contributed by atoms with van der Waals surface area (Å²) in [6.07, 6.45) is 1.06. The summed E-state index contributed by atoms with van der Waals surface area (Å²) < 4.78 is 24.4. The fourth-order valence-corrected chi connectivity index (χ4v) is 2.11. The SMILES string of the molecule is CS(=O)(=O)Nc1nc2ccccc2cc1Cl. The fraction of sp³-hybridized carbons (Fsp3) is 0.100. The summed E-state index contributed by atoms with van der Waals surface area (Å²) in [5.74, 6) is 0.155. The minimum absolute atomic E-state index is 0.155. The molecule has 1 heterocycles. The number of nitrogens with one attached hydrogen (secondary N) is 1. The Labute approximate surface area is 98.3 Å². The van der Waals surface area contributed by atoms with Crippen LogP contribution in [0.2, 0.25) is 5.02 Å². The van der Waals surface area contributed by atoms with Gasteiger partial charge in [-0.1, -0.05) is 29.8 Å². The Morgan fingerprint density at radius 3 is 2.69 bits per heavy atom. The van der Waals surface area contributed by atoms with Gasteiger partial charge in [-0.3, -0.25) is 4.72 Å². The monoisotopic (exact) mass is 256 g/mol. The number of anilines is 1. The maximum Gasteiger partial charge on any atom is 0.231 e. The summed E-state index contributed by atoms with van der Waals surface area (Å²) in [6, 6.07) is 9.02. The average Bonchev–Trinajstić information content (AvgIpc) is 2.17. The molecule has 2 aromatic rings. The number of benzene rings is 1. The summed E-state index contributed by atoms with van der Waals surface area (Å²) in [7, 11) is -3.37. The normalized spacial score (nSPS) is 11.6. The molecule has 0 saturated carbocycles. The second-order valence-corrected chi connectivity index (χ2v) is 5.54. The zero-order chi connectivity index (χ0) is 11.8. The third-order valence-electron chi connectivity index (χ3n) is 1.96. The highest BCUT2D eigenvalue weighted by Crippen LogP contribution is 2.25. The lowest BCUT2D eigenvalue weighted by Gasteiger charge is -2.06. The van der Waals surface area contributed by atoms with Crippen molar-refractivity contribution >= 4 is 38.3 Å². The Kier molecular flexibility index (Phi) is 2.73. The van der Waals surface area contributed by atoms with Gasteiger partial charge in [0.05, 0.1) is 16.8 Å². The predicted octanol–water partition coefficient (Wildman–Crippen LogP) is 2.26. The minimum Gasteiger partial charge on any atom is -0.266 e. The van der Waals surface area contributed by atoms with E-state index in [0.29, 0.717) is 5.52 Å². The molecule has 0 amide bonds. The highest BCUT2D eigenvalue weighted by molar-refractivity contribution is 7.92. The quantitative estimate of drug-likeness (QED) is 0.897. The van der Waals surface area contributed by atoms with Crippen LogP contribution in [0.25, 0.3) is 10.9 Å². The molecule has 6 heteroatoms. The van der Waals surface area contributed by atoms with Gasteiger partial charge in [0.1, 0.15) is 0 Å². The molecule has 0 atom stereocenters. The van der Waals surface area contributed by atoms with Crippen LogP contribution in [0, 0.1) is 0 Å². The van der Waals surface area contributed by atoms with E-state index in [0.717, 1.165) is 11.6 Å². The number of rotatable bonds is 2. The second-order valence-electron chi connectivity index (χ2n) is 3.39. The molecule has 0 aliphatic rings. The van der Waals surface area contributed by atoms with Gasteiger partial charge in [-0.05, 0) is 12.1 Å². The van der Waals surface area contributed by atoms with Crippen molar-refractivity contribution in [2.75, 3.05) is 11.0 Å². The number of hydrogen-bond acceptors (Lipinski definition) is 3. The van der Waals surface area contributed by atoms with Gasteiger partial charge in [0, 0.05) is 5.39 Å². The molecule has 0 aliphatic heterocycles. The highest BCUT2D eigenvalue weighted by Gasteiger charge is 2.08. The van der Waals surface area contributed by atoms with Crippen LogP contribution in [0.4, 0.5) is 5.82 Å². The lowest BCUT2D eigenvalue weighted by molar-refractivity contribution is 0.606. The third kappa shape index (κ3) is 2.43. The van der Waals surface area contributed by atoms with Gasteiger partial charge in [-0.2, -0.15) is 0 Å². The Morgan fingerprint density at radius 1 is 1.31 bits per heavy atom. The maximum atomic E-state index is 11.1. The van der Waals surface area contributed by atoms with Gasteiger partial charge in [0.15, 0.2) is 5.82 Å². The van der Waals surface area contributed by atoms with Gasteiger partial charge < -0.3 is 0 Å². The highest BCUT2D eigenvalue weighted by atomic mass is 35.5. The second kappa shape index (κ2) is 3.92. The molecule has 0 saturated heterocycles. The van der Waals surface area contributed by atoms with Crippen molar-refractivity contribution in [1.82, 2.24) is 4.98 Å². The smallest absolute Gasteiger partial charge is 0.231 e. The number of fused-ring (bicyclic) bond motifs is 1. The van der Waals surface area contributed by atoms with Crippen LogP contribution < -0.4 is 4.72 Å². The lowest BCUT2D eigenvalue weighted by Crippen LogP contribution is -2.11. The van der Waals surface area contributed by atoms with Crippen molar-refractivity contribution in [2.45, 2.75) is 0 Å². The van der Waals surface area contributed by atoms with E-state index >= 15 is 0 Å². The van der Waals surface area contributed by atoms with E-state index in [1.54, 1.807) is 12.1 Å². The molecular formula is C10H9ClN2O2S. The van der Waals surface area contributed by atoms with Gasteiger partial charge in [0.2, 0.25) is 10.0 Å². The first-order chi connectivity index (χ1) is 7.46. The molecule has 1 aromatic heterocycles. The number of sulfonamides is 1. The van der Waals surface area contributed by atoms with Gasteiger partial charge >= 0.3 is 0 Å². The van der Waals surface area contributed by atoms with Crippen LogP contribution in [0.5, 0.6) is 0 Å². The van der Waals surface area contributed by atoms with Crippen LogP contribution in [0.1, 0.15) is 0 Å². The van der Waals surface area contributed by atoms with Crippen LogP contribution in [0.3, 0.4) is 0 Å². The molecule has 1 N–H and O–H groups in total. The molecular weight excluding hydrogens is 248 g/mol. The Hall–Kier alpha value is -1.33. The first-order valence-electron chi connectivity index (χ1n) is 4.49. The number of nitrogens with zero attached hydrogens (tertiary/aromatic N) is 1. The lowest BCUT2D eigenvalue weighted by atomic mass is 10.2. The summed E-state index contributed by atoms with van der Waals surface area (Å²) >= 11 is 5.92. The van der Waals surface area contributed by atoms with E-state index in [-0.39, 0.29) is 10.8 Å². The summed E-state index contributed by atoms with van der Waals surface area (Å²) in [5, 5.41) is 1.15. The molecule has 84 valence electrons. The third-order valence-corrected chi connectivity index (χ3v) is 2.81. The molecule has 0 aliphatic carbocycles. The van der Waals surface area contributed by atoms with Crippen LogP contribution >= 0.6 is 11.6 Å². The maximum absolute atomic E-state index is 11.1. The van der Waals surface area contributed by atoms with Crippen LogP contribution in [0.15, 0.2) is 30.3 Å². The number of pyridine rings is 1. The Balaban J connectivity index is 2.58. The zero-order valence-electron chi connectivity index (χ0n) is 8.44. The molecule has 4 nitrogen and oxygen atoms in total. The molecule has 2 rings (SSSR count). The summed E-state index contributed by atoms with van der Waals surface area (Å²) in [5.41, 5.74) is 0.693. The molecule has 0 unspecified atom stereocenters. The molecule has 0 radical (unpaired) electrons. The van der Waals surface area contributed by atoms with E-state index < -0.39 is 10.0 Å². The topological polar surface area (TPSA) is 59.1 Å². The Bertz CT molecular complexity index is 640. The largest absolute Gasteiger partial charge is 0.266 e. The number of para-hydroxylation sites is 1. The van der Waals surface area contributed by atoms with Gasteiger partial charge in [-0.25, -0.2) is 13.4 Å². The summed E-state index contributed by atoms with van der Waals surface area (Å²) in [4.78, 5) is 4.14. The predicted molar refractivity (Wildman–Crippen MR) is 65.2 cm³/mol. The molecule has 0 fully saturated rings. The van der Waals surface area contributed by atoms with E-state index in [2.05, 4.69) is 9.71 Å². The van der Waals surface area contributed by atoms with Crippen molar-refractivity contribution in [3.63, 3.8) is 0 Å². The molecule has 16 heavy (non-hydrogen) atoms. The van der Waals surface area contributed by atoms with Crippen molar-refractivity contribution in [3.8, 4) is 0 Å². The van der Waals surface area contributed by atoms with Gasteiger partial charge in [-0.15, -0.1) is 0 Å². The molecule has 1 aromatic carbocycles. The first kappa shape index (κ1) is 11.2. The standard InChI is InChI=1S/C10H9ClN2O2S/c1-16(14,15)13-10-8(11)6-7-4-2-3-5-9(7)12-10/h2-6H,1H3,(H,12,13). The van der Waals surface area contributed by atoms with E-state index in [1.807, 2.05) is 18.2 Å². The van der Waals surface area contributed by atoms with Gasteiger partial charge in [0.25, 0.3) is 0 Å².